The number of likely N-dealkylation sites (N-methyl/N-ethyl adjacent to an activating group) is 1. The van der Waals surface area contributed by atoms with E-state index >= 15 is 0 Å². The molecule has 92 heavy (non-hydrogen) atoms. The van der Waals surface area contributed by atoms with Crippen LogP contribution in [0.4, 0.5) is 9.59 Å². The first-order valence-corrected chi connectivity index (χ1v) is 29.8. The molecule has 30 heteroatoms. The third kappa shape index (κ3) is 63.0. The summed E-state index contributed by atoms with van der Waals surface area (Å²) in [6, 6.07) is -0.144. The summed E-state index contributed by atoms with van der Waals surface area (Å²) in [6.45, 7) is 45.4. The van der Waals surface area contributed by atoms with Crippen molar-refractivity contribution in [2.45, 2.75) is 268 Å². The molecule has 0 aromatic carbocycles. The van der Waals surface area contributed by atoms with Crippen LogP contribution in [-0.4, -0.2) is 233 Å². The van der Waals surface area contributed by atoms with Gasteiger partial charge in [-0.2, -0.15) is 94.8 Å². The monoisotopic (exact) mass is 1540 g/mol. The molecule has 0 bridgehead atoms. The Hall–Kier alpha value is 0.742. The number of ether oxygens (including phenoxy) is 6. The number of likely N-dealkylation sites (tertiary alicyclic amines) is 2. The van der Waals surface area contributed by atoms with Crippen molar-refractivity contribution in [1.29, 1.82) is 0 Å². The van der Waals surface area contributed by atoms with Crippen molar-refractivity contribution in [3.05, 3.63) is 13.8 Å². The van der Waals surface area contributed by atoms with E-state index in [2.05, 4.69) is 47.8 Å². The average molecular weight is 1550 g/mol. The number of esters is 1. The number of Topliss-reactive ketones (excluding diaryl/α,β-unsaturated/α-hetero) is 1. The summed E-state index contributed by atoms with van der Waals surface area (Å²) < 4.78 is 29.4. The Bertz CT molecular complexity index is 1680. The van der Waals surface area contributed by atoms with Crippen LogP contribution in [0.2, 0.25) is 0 Å². The van der Waals surface area contributed by atoms with Gasteiger partial charge in [0, 0.05) is 65.6 Å². The zero-order valence-corrected chi connectivity index (χ0v) is 72.4. The van der Waals surface area contributed by atoms with Crippen molar-refractivity contribution in [3.8, 4) is 0 Å². The van der Waals surface area contributed by atoms with E-state index in [1.165, 1.54) is 76.3 Å². The predicted molar refractivity (Wildman–Crippen MR) is 401 cm³/mol. The van der Waals surface area contributed by atoms with Gasteiger partial charge in [0.1, 0.15) is 22.8 Å². The molecule has 6 fully saturated rings. The fourth-order valence-corrected chi connectivity index (χ4v) is 8.13. The average Bonchev–Trinajstić information content (AvgIpc) is 4.21. The Balaban J connectivity index is -0.0000000634. The first-order chi connectivity index (χ1) is 37.4. The Morgan fingerprint density at radius 2 is 0.924 bits per heavy atom. The summed E-state index contributed by atoms with van der Waals surface area (Å²) in [7, 11) is 2.96. The molecule has 20 nitrogen and oxygen atoms in total. The summed E-state index contributed by atoms with van der Waals surface area (Å²) in [5.41, 5.74) is -2.43. The number of ketones is 1. The number of rotatable bonds is 9. The van der Waals surface area contributed by atoms with E-state index in [9.17, 15) is 39.0 Å². The number of hydrogen-bond acceptors (Lipinski definition) is 17. The van der Waals surface area contributed by atoms with E-state index < -0.39 is 34.5 Å². The van der Waals surface area contributed by atoms with Gasteiger partial charge in [0.25, 0.3) is 12.4 Å². The van der Waals surface area contributed by atoms with Gasteiger partial charge in [-0.3, -0.25) is 33.8 Å². The molecule has 6 rings (SSSR count). The molecule has 6 heterocycles. The molecule has 0 aromatic rings. The number of carbonyl (C=O) groups excluding carboxylic acids is 6. The second-order valence-corrected chi connectivity index (χ2v) is 24.8. The second kappa shape index (κ2) is 68.9. The van der Waals surface area contributed by atoms with Crippen LogP contribution in [0, 0.1) is 25.7 Å². The van der Waals surface area contributed by atoms with Crippen molar-refractivity contribution in [3.63, 3.8) is 0 Å². The third-order valence-electron chi connectivity index (χ3n) is 13.4. The van der Waals surface area contributed by atoms with Crippen LogP contribution in [-0.2, 0) is 52.4 Å². The number of nitrogens with one attached hydrogen (secondary N) is 2. The topological polar surface area (TPSA) is 241 Å². The number of carbonyl (C=O) groups is 6. The summed E-state index contributed by atoms with van der Waals surface area (Å²) in [6.07, 6.45) is 14.0. The molecule has 0 aliphatic carbocycles. The van der Waals surface area contributed by atoms with Crippen molar-refractivity contribution in [1.82, 2.24) is 25.5 Å². The van der Waals surface area contributed by atoms with Gasteiger partial charge in [0.05, 0.1) is 31.0 Å². The quantitative estimate of drug-likeness (QED) is 0.0625. The number of halogens is 2. The minimum Gasteiger partial charge on any atom is -1.00 e. The summed E-state index contributed by atoms with van der Waals surface area (Å²) >= 11 is 0. The summed E-state index contributed by atoms with van der Waals surface area (Å²) in [5, 5.41) is 27.9. The third-order valence-corrected chi connectivity index (χ3v) is 13.4. The first kappa shape index (κ1) is 126. The fourth-order valence-electron chi connectivity index (χ4n) is 8.13. The fraction of sp³-hybridized carbons (Fsp3) is 0.871. The van der Waals surface area contributed by atoms with E-state index in [1.54, 1.807) is 27.7 Å². The minimum atomic E-state index is -0.555. The SMILES string of the molecule is C1CCOC1.C1CCOC1.CC(=O)[C@@H]1CCCN1C(=O)OC(C)(C)C.CC(C)(C)OC=O.CC(C)[C@](C)(O)[C@@H]1CCCN1.CC(C)[C@](C)(O)[C@@H]1CCCN1.CCOC(C)=O.CON(C)C(=O)[C@@H]1CCCN1C(=O)OC(C)(C)C.C[CH-]C.S.S.S.S.S.S.[Br-].[CH3-].[Cl-].[Mg+2].[Mg+2]. The van der Waals surface area contributed by atoms with E-state index in [0.717, 1.165) is 76.7 Å². The van der Waals surface area contributed by atoms with Crippen LogP contribution in [0.5, 0.6) is 0 Å². The molecule has 4 N–H and O–H groups in total. The van der Waals surface area contributed by atoms with Crippen LogP contribution < -0.4 is 40.0 Å². The Labute approximate surface area is 651 Å². The Kier molecular flexibility index (Phi) is 94.2. The van der Waals surface area contributed by atoms with Gasteiger partial charge in [-0.1, -0.05) is 27.7 Å². The van der Waals surface area contributed by atoms with Gasteiger partial charge in [0.15, 0.2) is 5.78 Å². The van der Waals surface area contributed by atoms with E-state index in [4.69, 9.17) is 23.8 Å². The number of hydrogen-bond donors (Lipinski definition) is 4. The van der Waals surface area contributed by atoms with Crippen LogP contribution in [0.25, 0.3) is 0 Å². The van der Waals surface area contributed by atoms with Crippen LogP contribution in [0.1, 0.15) is 216 Å². The summed E-state index contributed by atoms with van der Waals surface area (Å²) in [5.74, 6) is 0.271. The van der Waals surface area contributed by atoms with E-state index in [1.807, 2.05) is 75.7 Å². The minimum absolute atomic E-state index is 0. The zero-order valence-electron chi connectivity index (χ0n) is 61.2. The molecule has 6 aliphatic rings. The van der Waals surface area contributed by atoms with E-state index in [0.29, 0.717) is 56.5 Å². The predicted octanol–water partition coefficient (Wildman–Crippen LogP) is 4.40. The molecule has 0 saturated carbocycles. The maximum absolute atomic E-state index is 12.0. The van der Waals surface area contributed by atoms with Crippen molar-refractivity contribution >= 4 is 163 Å². The van der Waals surface area contributed by atoms with Crippen LogP contribution in [0.3, 0.4) is 0 Å². The van der Waals surface area contributed by atoms with Gasteiger partial charge >= 0.3 is 64.3 Å². The standard InChI is InChI=1S/C12H22N2O4.C11H19NO3.2C9H19NO.C5H10O2.C4H8O2.2C4H8O.C3H7.CH3.BrH.ClH.2Mg.6H2S/c1-12(2,3)18-11(16)14-8-6-7-9(14)10(15)13(4)17-5;1-8(13)9-6-5-7-12(9)10(14)15-11(2,3)4;2*1-7(2)9(3,11)8-5-4-6-10-8;1-5(2,3)7-4-6;1-3-6-4(2)5;2*1-2-4-5-3-1;1-3-2;;;;;;;;;;;/h9H,6-8H2,1-5H3;9H,5-7H2,1-4H3;2*7-8,10-11H,4-6H2,1-3H3;4H,1-3H3;3H2,1-2H3;2*1-4H2;3H,1-2H3;1H3;2*1H;;;6*1H2/q;;;;;;;;2*-1;;;2*+2;;;;;;/p-2/t2*9-;2*8-,9-;;;;;;;;;;;;;;;;/m0000................/s1. The second-order valence-electron chi connectivity index (χ2n) is 24.8. The van der Waals surface area contributed by atoms with Gasteiger partial charge in [-0.15, -0.1) is 0 Å². The molecule has 6 aliphatic heterocycles. The maximum Gasteiger partial charge on any atom is 2.00 e. The van der Waals surface area contributed by atoms with Gasteiger partial charge < -0.3 is 92.5 Å². The molecule has 6 atom stereocenters. The van der Waals surface area contributed by atoms with Gasteiger partial charge in [-0.25, -0.2) is 14.7 Å². The van der Waals surface area contributed by atoms with E-state index in [-0.39, 0.29) is 199 Å². The molecule has 552 valence electrons. The zero-order chi connectivity index (χ0) is 63.2. The number of nitrogens with zero attached hydrogens (tertiary/aromatic N) is 3. The Morgan fingerprint density at radius 3 is 1.11 bits per heavy atom. The van der Waals surface area contributed by atoms with Gasteiger partial charge in [0.2, 0.25) is 0 Å². The molecular weight excluding hydrogens is 1410 g/mol. The molecular formula is C62H135BrClMg2N5O15S6. The van der Waals surface area contributed by atoms with Crippen LogP contribution >= 0.6 is 81.0 Å². The smallest absolute Gasteiger partial charge is 1.00 e. The first-order valence-electron chi connectivity index (χ1n) is 29.8. The molecule has 0 radical (unpaired) electrons. The summed E-state index contributed by atoms with van der Waals surface area (Å²) in [4.78, 5) is 74.3. The number of aliphatic hydroxyl groups is 2. The molecule has 6 saturated heterocycles. The van der Waals surface area contributed by atoms with Crippen molar-refractivity contribution < 1.29 is 102 Å². The number of amides is 3. The molecule has 0 aromatic heterocycles. The Morgan fingerprint density at radius 1 is 0.609 bits per heavy atom. The maximum atomic E-state index is 12.0. The largest absolute Gasteiger partial charge is 2.00 e. The normalized spacial score (nSPS) is 18.9. The molecule has 0 unspecified atom stereocenters. The van der Waals surface area contributed by atoms with Crippen molar-refractivity contribution in [2.75, 3.05) is 73.4 Å². The van der Waals surface area contributed by atoms with Gasteiger partial charge in [-0.05, 0) is 192 Å². The number of hydroxylamine groups is 2. The molecule has 3 amide bonds. The van der Waals surface area contributed by atoms with Crippen molar-refractivity contribution in [2.24, 2.45) is 11.8 Å². The molecule has 0 spiro atoms. The van der Waals surface area contributed by atoms with Crippen LogP contribution in [0.15, 0.2) is 0 Å².